The third-order valence-electron chi connectivity index (χ3n) is 5.91. The Morgan fingerprint density at radius 1 is 1.19 bits per heavy atom. The molecule has 26 heavy (non-hydrogen) atoms. The van der Waals surface area contributed by atoms with Gasteiger partial charge >= 0.3 is 6.03 Å². The Morgan fingerprint density at radius 3 is 2.42 bits per heavy atom. The van der Waals surface area contributed by atoms with Crippen molar-refractivity contribution in [3.63, 3.8) is 0 Å². The fourth-order valence-electron chi connectivity index (χ4n) is 4.97. The molecule has 2 aliphatic rings. The molecule has 0 aromatic rings. The van der Waals surface area contributed by atoms with E-state index in [1.165, 1.54) is 0 Å². The van der Waals surface area contributed by atoms with Gasteiger partial charge in [0.15, 0.2) is 0 Å². The molecule has 1 aliphatic heterocycles. The Balaban J connectivity index is 1.88. The monoisotopic (exact) mass is 363 g/mol. The van der Waals surface area contributed by atoms with Gasteiger partial charge in [0, 0.05) is 32.0 Å². The molecule has 0 radical (unpaired) electrons. The van der Waals surface area contributed by atoms with E-state index in [9.17, 15) is 14.4 Å². The van der Waals surface area contributed by atoms with Gasteiger partial charge in [0.05, 0.1) is 6.04 Å². The first-order chi connectivity index (χ1) is 12.2. The lowest BCUT2D eigenvalue weighted by Crippen LogP contribution is -2.50. The third kappa shape index (κ3) is 5.41. The highest BCUT2D eigenvalue weighted by Gasteiger charge is 2.41. The Hall–Kier alpha value is -1.68. The normalized spacial score (nSPS) is 28.9. The lowest BCUT2D eigenvalue weighted by molar-refractivity contribution is -0.123. The molecule has 1 N–H and O–H groups in total. The minimum Gasteiger partial charge on any atom is -0.337 e. The Bertz CT molecular complexity index is 575. The quantitative estimate of drug-likeness (QED) is 0.601. The fraction of sp³-hybridized carbons (Fsp3) is 0.850. The lowest BCUT2D eigenvalue weighted by atomic mass is 9.63. The summed E-state index contributed by atoms with van der Waals surface area (Å²) < 4.78 is 0. The van der Waals surface area contributed by atoms with Gasteiger partial charge < -0.3 is 10.2 Å². The maximum absolute atomic E-state index is 12.5. The number of isocyanates is 1. The van der Waals surface area contributed by atoms with Gasteiger partial charge in [-0.1, -0.05) is 27.7 Å². The van der Waals surface area contributed by atoms with Crippen molar-refractivity contribution < 1.29 is 14.4 Å². The first-order valence-corrected chi connectivity index (χ1v) is 9.80. The summed E-state index contributed by atoms with van der Waals surface area (Å²) in [5.74, 6) is 0.423. The van der Waals surface area contributed by atoms with Crippen LogP contribution in [-0.4, -0.2) is 48.5 Å². The maximum atomic E-state index is 12.5. The zero-order valence-electron chi connectivity index (χ0n) is 16.6. The number of ketones is 1. The van der Waals surface area contributed by atoms with E-state index in [-0.39, 0.29) is 28.8 Å². The summed E-state index contributed by atoms with van der Waals surface area (Å²) in [6.45, 7) is 10.3. The second kappa shape index (κ2) is 8.34. The molecule has 2 unspecified atom stereocenters. The second-order valence-electron chi connectivity index (χ2n) is 9.17. The summed E-state index contributed by atoms with van der Waals surface area (Å²) in [5, 5.41) is 3.08. The highest BCUT2D eigenvalue weighted by molar-refractivity contribution is 5.81. The van der Waals surface area contributed by atoms with Crippen LogP contribution in [0.4, 0.5) is 4.79 Å². The molecule has 1 heterocycles. The molecular weight excluding hydrogens is 330 g/mol. The Kier molecular flexibility index (Phi) is 6.62. The van der Waals surface area contributed by atoms with E-state index >= 15 is 0 Å². The van der Waals surface area contributed by atoms with Crippen molar-refractivity contribution in [3.05, 3.63) is 0 Å². The summed E-state index contributed by atoms with van der Waals surface area (Å²) in [6.07, 6.45) is 6.46. The first-order valence-electron chi connectivity index (χ1n) is 9.80. The lowest BCUT2D eigenvalue weighted by Gasteiger charge is -2.45. The summed E-state index contributed by atoms with van der Waals surface area (Å²) in [7, 11) is 0. The van der Waals surface area contributed by atoms with Gasteiger partial charge in [-0.05, 0) is 42.9 Å². The molecule has 1 aliphatic carbocycles. The van der Waals surface area contributed by atoms with Crippen LogP contribution in [0.25, 0.3) is 0 Å². The number of rotatable bonds is 5. The Morgan fingerprint density at radius 2 is 1.85 bits per heavy atom. The molecular formula is C20H33N3O3. The number of urea groups is 1. The van der Waals surface area contributed by atoms with Crippen molar-refractivity contribution >= 4 is 17.9 Å². The largest absolute Gasteiger partial charge is 0.337 e. The number of likely N-dealkylation sites (tertiary alicyclic amines) is 1. The van der Waals surface area contributed by atoms with Crippen molar-refractivity contribution in [2.45, 2.75) is 72.3 Å². The van der Waals surface area contributed by atoms with Crippen LogP contribution in [0.5, 0.6) is 0 Å². The van der Waals surface area contributed by atoms with Crippen LogP contribution >= 0.6 is 0 Å². The number of piperidine rings is 1. The van der Waals surface area contributed by atoms with Crippen LogP contribution in [0.3, 0.4) is 0 Å². The third-order valence-corrected chi connectivity index (χ3v) is 5.91. The molecule has 1 saturated carbocycles. The van der Waals surface area contributed by atoms with Gasteiger partial charge in [0.25, 0.3) is 0 Å². The van der Waals surface area contributed by atoms with E-state index in [0.29, 0.717) is 31.8 Å². The van der Waals surface area contributed by atoms with Crippen molar-refractivity contribution in [2.24, 2.45) is 21.7 Å². The second-order valence-corrected chi connectivity index (χ2v) is 9.17. The molecule has 1 saturated heterocycles. The predicted molar refractivity (Wildman–Crippen MR) is 101 cm³/mol. The molecule has 2 atom stereocenters. The van der Waals surface area contributed by atoms with Crippen LogP contribution in [0.1, 0.15) is 66.2 Å². The first kappa shape index (κ1) is 20.6. The van der Waals surface area contributed by atoms with Crippen LogP contribution in [0.2, 0.25) is 0 Å². The molecule has 146 valence electrons. The van der Waals surface area contributed by atoms with Gasteiger partial charge in [-0.15, -0.1) is 0 Å². The summed E-state index contributed by atoms with van der Waals surface area (Å²) in [4.78, 5) is 40.8. The summed E-state index contributed by atoms with van der Waals surface area (Å²) in [5.41, 5.74) is 0.000525. The number of hydrogen-bond donors (Lipinski definition) is 1. The van der Waals surface area contributed by atoms with E-state index in [1.807, 2.05) is 11.8 Å². The van der Waals surface area contributed by atoms with Gasteiger partial charge in [-0.2, -0.15) is 0 Å². The number of carbonyl (C=O) groups is 2. The van der Waals surface area contributed by atoms with Gasteiger partial charge in [0.1, 0.15) is 5.78 Å². The molecule has 6 heteroatoms. The number of aliphatic imine (C=N–C) groups is 1. The smallest absolute Gasteiger partial charge is 0.317 e. The Labute approximate surface area is 156 Å². The van der Waals surface area contributed by atoms with Crippen LogP contribution in [0.15, 0.2) is 4.99 Å². The predicted octanol–water partition coefficient (Wildman–Crippen LogP) is 3.31. The standard InChI is InChI=1S/C20H33N3O3/c1-5-17(25)15-6-8-23(9-7-15)18(26)21-13-20(4)11-16(22-14-24)10-19(2,3)12-20/h15-16H,5-13H2,1-4H3,(H,21,26). The molecule has 2 rings (SSSR count). The molecule has 2 amide bonds. The summed E-state index contributed by atoms with van der Waals surface area (Å²) in [6, 6.07) is -0.0682. The number of amides is 2. The highest BCUT2D eigenvalue weighted by Crippen LogP contribution is 2.46. The van der Waals surface area contributed by atoms with Crippen molar-refractivity contribution in [1.82, 2.24) is 10.2 Å². The minimum absolute atomic E-state index is 0.0195. The molecule has 0 aromatic heterocycles. The summed E-state index contributed by atoms with van der Waals surface area (Å²) >= 11 is 0. The van der Waals surface area contributed by atoms with Crippen molar-refractivity contribution in [3.8, 4) is 0 Å². The number of carbonyl (C=O) groups excluding carboxylic acids is 3. The van der Waals surface area contributed by atoms with Gasteiger partial charge in [-0.25, -0.2) is 14.6 Å². The minimum atomic E-state index is -0.0844. The maximum Gasteiger partial charge on any atom is 0.317 e. The molecule has 0 spiro atoms. The van der Waals surface area contributed by atoms with Crippen molar-refractivity contribution in [2.75, 3.05) is 19.6 Å². The highest BCUT2D eigenvalue weighted by atomic mass is 16.2. The number of nitrogens with zero attached hydrogens (tertiary/aromatic N) is 2. The van der Waals surface area contributed by atoms with Crippen LogP contribution < -0.4 is 5.32 Å². The average Bonchev–Trinajstić information content (AvgIpc) is 2.58. The number of nitrogens with one attached hydrogen (secondary N) is 1. The van der Waals surface area contributed by atoms with E-state index in [0.717, 1.165) is 32.1 Å². The zero-order chi connectivity index (χ0) is 19.4. The van der Waals surface area contributed by atoms with E-state index in [4.69, 9.17) is 0 Å². The molecule has 0 bridgehead atoms. The van der Waals surface area contributed by atoms with E-state index < -0.39 is 0 Å². The fourth-order valence-corrected chi connectivity index (χ4v) is 4.97. The zero-order valence-corrected chi connectivity index (χ0v) is 16.6. The molecule has 6 nitrogen and oxygen atoms in total. The van der Waals surface area contributed by atoms with Gasteiger partial charge in [-0.3, -0.25) is 4.79 Å². The number of hydrogen-bond acceptors (Lipinski definition) is 4. The van der Waals surface area contributed by atoms with Gasteiger partial charge in [0.2, 0.25) is 6.08 Å². The van der Waals surface area contributed by atoms with E-state index in [1.54, 1.807) is 6.08 Å². The average molecular weight is 364 g/mol. The van der Waals surface area contributed by atoms with E-state index in [2.05, 4.69) is 31.1 Å². The van der Waals surface area contributed by atoms with Crippen LogP contribution in [-0.2, 0) is 9.59 Å². The molecule has 2 fully saturated rings. The molecule has 0 aromatic carbocycles. The SMILES string of the molecule is CCC(=O)C1CCN(C(=O)NCC2(C)CC(N=C=O)CC(C)(C)C2)CC1. The number of Topliss-reactive ketones (excluding diaryl/α,β-unsaturated/α-hetero) is 1. The van der Waals surface area contributed by atoms with Crippen molar-refractivity contribution in [1.29, 1.82) is 0 Å². The van der Waals surface area contributed by atoms with Crippen LogP contribution in [0, 0.1) is 16.7 Å². The topological polar surface area (TPSA) is 78.8 Å².